The average molecular weight is 280 g/mol. The number of halogens is 1. The van der Waals surface area contributed by atoms with Crippen molar-refractivity contribution in [3.8, 4) is 5.69 Å². The van der Waals surface area contributed by atoms with Crippen LogP contribution in [0.15, 0.2) is 24.4 Å². The van der Waals surface area contributed by atoms with Gasteiger partial charge in [-0.2, -0.15) is 0 Å². The Hall–Kier alpha value is -1.16. The standard InChI is InChI=1S/C12H14BrN3/c1-8-4-5-9(2)12(6-8)16-7-11(10(3)13)14-15-16/h4-7,10H,1-3H3. The normalized spacial score (nSPS) is 12.8. The first-order valence-electron chi connectivity index (χ1n) is 5.22. The molecule has 1 aromatic heterocycles. The van der Waals surface area contributed by atoms with Crippen molar-refractivity contribution >= 4 is 15.9 Å². The van der Waals surface area contributed by atoms with E-state index in [2.05, 4.69) is 58.3 Å². The van der Waals surface area contributed by atoms with Gasteiger partial charge in [-0.05, 0) is 38.0 Å². The van der Waals surface area contributed by atoms with E-state index in [1.807, 2.05) is 17.8 Å². The largest absolute Gasteiger partial charge is 0.220 e. The molecule has 0 aliphatic heterocycles. The van der Waals surface area contributed by atoms with Crippen LogP contribution in [0, 0.1) is 13.8 Å². The Balaban J connectivity index is 2.46. The fraction of sp³-hybridized carbons (Fsp3) is 0.333. The second-order valence-corrected chi connectivity index (χ2v) is 5.37. The predicted molar refractivity (Wildman–Crippen MR) is 68.2 cm³/mol. The smallest absolute Gasteiger partial charge is 0.0965 e. The summed E-state index contributed by atoms with van der Waals surface area (Å²) in [6.45, 7) is 6.19. The van der Waals surface area contributed by atoms with Crippen LogP contribution in [-0.2, 0) is 0 Å². The van der Waals surface area contributed by atoms with Crippen molar-refractivity contribution < 1.29 is 0 Å². The maximum Gasteiger partial charge on any atom is 0.0965 e. The van der Waals surface area contributed by atoms with Gasteiger partial charge in [0.05, 0.1) is 22.4 Å². The Morgan fingerprint density at radius 2 is 2.06 bits per heavy atom. The molecule has 1 atom stereocenters. The molecule has 0 radical (unpaired) electrons. The summed E-state index contributed by atoms with van der Waals surface area (Å²) in [6.07, 6.45) is 1.96. The second-order valence-electron chi connectivity index (χ2n) is 3.99. The lowest BCUT2D eigenvalue weighted by atomic mass is 10.1. The van der Waals surface area contributed by atoms with Gasteiger partial charge in [-0.25, -0.2) is 4.68 Å². The highest BCUT2D eigenvalue weighted by Crippen LogP contribution is 2.21. The van der Waals surface area contributed by atoms with E-state index < -0.39 is 0 Å². The highest BCUT2D eigenvalue weighted by atomic mass is 79.9. The lowest BCUT2D eigenvalue weighted by Gasteiger charge is -2.05. The second kappa shape index (κ2) is 4.37. The topological polar surface area (TPSA) is 30.7 Å². The van der Waals surface area contributed by atoms with Crippen molar-refractivity contribution in [1.82, 2.24) is 15.0 Å². The van der Waals surface area contributed by atoms with E-state index in [-0.39, 0.29) is 4.83 Å². The van der Waals surface area contributed by atoms with Crippen LogP contribution in [0.1, 0.15) is 28.6 Å². The number of alkyl halides is 1. The van der Waals surface area contributed by atoms with Crippen LogP contribution < -0.4 is 0 Å². The van der Waals surface area contributed by atoms with Gasteiger partial charge in [-0.3, -0.25) is 0 Å². The van der Waals surface area contributed by atoms with Crippen LogP contribution in [0.5, 0.6) is 0 Å². The fourth-order valence-electron chi connectivity index (χ4n) is 1.54. The molecule has 0 N–H and O–H groups in total. The van der Waals surface area contributed by atoms with E-state index in [9.17, 15) is 0 Å². The summed E-state index contributed by atoms with van der Waals surface area (Å²) in [6, 6.07) is 6.32. The Bertz CT molecular complexity index is 503. The lowest BCUT2D eigenvalue weighted by Crippen LogP contribution is -1.98. The molecule has 0 fully saturated rings. The molecule has 0 aliphatic rings. The zero-order valence-electron chi connectivity index (χ0n) is 9.61. The third kappa shape index (κ3) is 2.16. The molecule has 84 valence electrons. The summed E-state index contributed by atoms with van der Waals surface area (Å²) in [5.74, 6) is 0. The fourth-order valence-corrected chi connectivity index (χ4v) is 1.75. The van der Waals surface area contributed by atoms with Crippen LogP contribution in [-0.4, -0.2) is 15.0 Å². The number of hydrogen-bond acceptors (Lipinski definition) is 2. The van der Waals surface area contributed by atoms with E-state index in [4.69, 9.17) is 0 Å². The molecular weight excluding hydrogens is 266 g/mol. The quantitative estimate of drug-likeness (QED) is 0.790. The molecule has 4 heteroatoms. The van der Waals surface area contributed by atoms with Gasteiger partial charge in [-0.15, -0.1) is 5.10 Å². The van der Waals surface area contributed by atoms with Crippen LogP contribution in [0.3, 0.4) is 0 Å². The van der Waals surface area contributed by atoms with Gasteiger partial charge < -0.3 is 0 Å². The van der Waals surface area contributed by atoms with Gasteiger partial charge in [0.1, 0.15) is 0 Å². The van der Waals surface area contributed by atoms with Crippen molar-refractivity contribution in [3.05, 3.63) is 41.2 Å². The molecule has 3 nitrogen and oxygen atoms in total. The van der Waals surface area contributed by atoms with Gasteiger partial charge in [-0.1, -0.05) is 33.3 Å². The predicted octanol–water partition coefficient (Wildman–Crippen LogP) is 3.34. The summed E-state index contributed by atoms with van der Waals surface area (Å²) in [4.78, 5) is 0.228. The molecule has 1 unspecified atom stereocenters. The summed E-state index contributed by atoms with van der Waals surface area (Å²) in [5, 5.41) is 8.28. The Morgan fingerprint density at radius 1 is 1.31 bits per heavy atom. The molecule has 2 rings (SSSR count). The third-order valence-electron chi connectivity index (χ3n) is 2.53. The SMILES string of the molecule is Cc1ccc(C)c(-n2cc(C(C)Br)nn2)c1. The Kier molecular flexibility index (Phi) is 3.10. The number of benzene rings is 1. The molecule has 0 saturated carbocycles. The minimum Gasteiger partial charge on any atom is -0.220 e. The van der Waals surface area contributed by atoms with Gasteiger partial charge in [0.15, 0.2) is 0 Å². The molecule has 0 saturated heterocycles. The van der Waals surface area contributed by atoms with Crippen molar-refractivity contribution in [2.24, 2.45) is 0 Å². The monoisotopic (exact) mass is 279 g/mol. The summed E-state index contributed by atoms with van der Waals surface area (Å²) in [7, 11) is 0. The number of aromatic nitrogens is 3. The first-order chi connectivity index (χ1) is 7.58. The molecule has 1 heterocycles. The molecule has 0 bridgehead atoms. The first-order valence-corrected chi connectivity index (χ1v) is 6.13. The molecular formula is C12H14BrN3. The lowest BCUT2D eigenvalue weighted by molar-refractivity contribution is 0.792. The van der Waals surface area contributed by atoms with Crippen LogP contribution in [0.4, 0.5) is 0 Å². The number of nitrogens with zero attached hydrogens (tertiary/aromatic N) is 3. The Morgan fingerprint density at radius 3 is 2.69 bits per heavy atom. The van der Waals surface area contributed by atoms with Crippen molar-refractivity contribution in [3.63, 3.8) is 0 Å². The van der Waals surface area contributed by atoms with Crippen molar-refractivity contribution in [1.29, 1.82) is 0 Å². The van der Waals surface area contributed by atoms with Crippen LogP contribution in [0.25, 0.3) is 5.69 Å². The minimum absolute atomic E-state index is 0.228. The van der Waals surface area contributed by atoms with Crippen molar-refractivity contribution in [2.45, 2.75) is 25.6 Å². The third-order valence-corrected chi connectivity index (χ3v) is 3.00. The van der Waals surface area contributed by atoms with Gasteiger partial charge in [0, 0.05) is 0 Å². The van der Waals surface area contributed by atoms with Crippen LogP contribution in [0.2, 0.25) is 0 Å². The number of rotatable bonds is 2. The van der Waals surface area contributed by atoms with E-state index in [0.29, 0.717) is 0 Å². The van der Waals surface area contributed by atoms with Gasteiger partial charge in [0.25, 0.3) is 0 Å². The molecule has 2 aromatic rings. The summed E-state index contributed by atoms with van der Waals surface area (Å²) in [5.41, 5.74) is 4.46. The first kappa shape index (κ1) is 11.3. The van der Waals surface area contributed by atoms with Crippen LogP contribution >= 0.6 is 15.9 Å². The highest BCUT2D eigenvalue weighted by Gasteiger charge is 2.08. The average Bonchev–Trinajstić information content (AvgIpc) is 2.70. The molecule has 0 spiro atoms. The van der Waals surface area contributed by atoms with Gasteiger partial charge >= 0.3 is 0 Å². The molecule has 0 amide bonds. The molecule has 0 aliphatic carbocycles. The van der Waals surface area contributed by atoms with Crippen molar-refractivity contribution in [2.75, 3.05) is 0 Å². The van der Waals surface area contributed by atoms with E-state index in [1.165, 1.54) is 11.1 Å². The number of hydrogen-bond donors (Lipinski definition) is 0. The highest BCUT2D eigenvalue weighted by molar-refractivity contribution is 9.09. The Labute approximate surface area is 104 Å². The summed E-state index contributed by atoms with van der Waals surface area (Å²) < 4.78 is 1.83. The zero-order valence-corrected chi connectivity index (χ0v) is 11.2. The zero-order chi connectivity index (χ0) is 11.7. The maximum atomic E-state index is 4.15. The van der Waals surface area contributed by atoms with E-state index >= 15 is 0 Å². The summed E-state index contributed by atoms with van der Waals surface area (Å²) >= 11 is 3.49. The van der Waals surface area contributed by atoms with E-state index in [1.54, 1.807) is 0 Å². The van der Waals surface area contributed by atoms with Gasteiger partial charge in [0.2, 0.25) is 0 Å². The molecule has 16 heavy (non-hydrogen) atoms. The maximum absolute atomic E-state index is 4.15. The number of aryl methyl sites for hydroxylation is 2. The van der Waals surface area contributed by atoms with E-state index in [0.717, 1.165) is 11.4 Å². The molecule has 1 aromatic carbocycles. The minimum atomic E-state index is 0.228.